The summed E-state index contributed by atoms with van der Waals surface area (Å²) in [5.41, 5.74) is 3.49. The van der Waals surface area contributed by atoms with Gasteiger partial charge in [-0.1, -0.05) is 30.3 Å². The zero-order valence-corrected chi connectivity index (χ0v) is 11.4. The van der Waals surface area contributed by atoms with Crippen LogP contribution in [0.15, 0.2) is 53.6 Å². The predicted molar refractivity (Wildman–Crippen MR) is 80.5 cm³/mol. The Bertz CT molecular complexity index is 639. The third-order valence-electron chi connectivity index (χ3n) is 2.89. The second kappa shape index (κ2) is 7.09. The minimum absolute atomic E-state index is 0.0183. The van der Waals surface area contributed by atoms with Gasteiger partial charge in [-0.2, -0.15) is 5.10 Å². The van der Waals surface area contributed by atoms with Crippen molar-refractivity contribution in [2.75, 3.05) is 0 Å². The third-order valence-corrected chi connectivity index (χ3v) is 2.89. The molecule has 0 aliphatic heterocycles. The molecular formula is C16H16N2O3. The molecule has 2 aromatic carbocycles. The average Bonchev–Trinajstić information content (AvgIpc) is 2.50. The van der Waals surface area contributed by atoms with Crippen molar-refractivity contribution in [3.63, 3.8) is 0 Å². The van der Waals surface area contributed by atoms with E-state index in [1.54, 1.807) is 6.21 Å². The van der Waals surface area contributed by atoms with Crippen LogP contribution in [0.3, 0.4) is 0 Å². The minimum atomic E-state index is -0.570. The Labute approximate surface area is 122 Å². The molecule has 0 fully saturated rings. The van der Waals surface area contributed by atoms with Gasteiger partial charge in [-0.3, -0.25) is 4.79 Å². The van der Waals surface area contributed by atoms with Crippen LogP contribution in [0.2, 0.25) is 0 Å². The lowest BCUT2D eigenvalue weighted by atomic mass is 10.1. The number of hydrazone groups is 1. The largest absolute Gasteiger partial charge is 0.508 e. The van der Waals surface area contributed by atoms with E-state index in [-0.39, 0.29) is 17.1 Å². The number of hydrogen-bond acceptors (Lipinski definition) is 4. The van der Waals surface area contributed by atoms with Gasteiger partial charge in [-0.15, -0.1) is 0 Å². The normalized spacial score (nSPS) is 10.7. The maximum absolute atomic E-state index is 11.8. The Morgan fingerprint density at radius 1 is 1.14 bits per heavy atom. The summed E-state index contributed by atoms with van der Waals surface area (Å²) in [6.45, 7) is 0. The summed E-state index contributed by atoms with van der Waals surface area (Å²) < 4.78 is 0. The summed E-state index contributed by atoms with van der Waals surface area (Å²) in [5, 5.41) is 22.6. The van der Waals surface area contributed by atoms with Crippen LogP contribution in [0.25, 0.3) is 0 Å². The molecule has 3 N–H and O–H groups in total. The number of phenolic OH excluding ortho intramolecular Hbond substituents is 2. The average molecular weight is 284 g/mol. The van der Waals surface area contributed by atoms with Crippen LogP contribution in [0, 0.1) is 0 Å². The van der Waals surface area contributed by atoms with E-state index in [0.29, 0.717) is 6.42 Å². The number of nitrogens with zero attached hydrogens (tertiary/aromatic N) is 1. The van der Waals surface area contributed by atoms with E-state index in [9.17, 15) is 15.0 Å². The van der Waals surface area contributed by atoms with E-state index in [2.05, 4.69) is 10.5 Å². The van der Waals surface area contributed by atoms with Gasteiger partial charge in [0.25, 0.3) is 5.91 Å². The molecule has 1 amide bonds. The summed E-state index contributed by atoms with van der Waals surface area (Å²) in [6.07, 6.45) is 3.12. The molecule has 0 atom stereocenters. The Hall–Kier alpha value is -2.82. The molecule has 21 heavy (non-hydrogen) atoms. The van der Waals surface area contributed by atoms with Crippen LogP contribution >= 0.6 is 0 Å². The summed E-state index contributed by atoms with van der Waals surface area (Å²) in [6, 6.07) is 13.7. The fourth-order valence-corrected chi connectivity index (χ4v) is 1.81. The molecule has 0 bridgehead atoms. The number of carbonyl (C=O) groups is 1. The van der Waals surface area contributed by atoms with Gasteiger partial charge in [0.1, 0.15) is 11.5 Å². The van der Waals surface area contributed by atoms with Crippen LogP contribution in [0.4, 0.5) is 0 Å². The summed E-state index contributed by atoms with van der Waals surface area (Å²) >= 11 is 0. The lowest BCUT2D eigenvalue weighted by Gasteiger charge is -2.03. The maximum Gasteiger partial charge on any atom is 0.275 e. The molecule has 0 saturated carbocycles. The number of amides is 1. The van der Waals surface area contributed by atoms with Gasteiger partial charge in [0.05, 0.1) is 5.56 Å². The van der Waals surface area contributed by atoms with Crippen molar-refractivity contribution in [2.24, 2.45) is 5.10 Å². The Morgan fingerprint density at radius 2 is 1.90 bits per heavy atom. The molecule has 5 nitrogen and oxygen atoms in total. The molecular weight excluding hydrogens is 268 g/mol. The second-order valence-electron chi connectivity index (χ2n) is 4.48. The van der Waals surface area contributed by atoms with Gasteiger partial charge < -0.3 is 10.2 Å². The Balaban J connectivity index is 1.83. The first kappa shape index (κ1) is 14.6. The highest BCUT2D eigenvalue weighted by atomic mass is 16.3. The van der Waals surface area contributed by atoms with Gasteiger partial charge in [-0.25, -0.2) is 5.43 Å². The Morgan fingerprint density at radius 3 is 2.67 bits per heavy atom. The summed E-state index contributed by atoms with van der Waals surface area (Å²) in [4.78, 5) is 11.8. The van der Waals surface area contributed by atoms with Crippen molar-refractivity contribution in [2.45, 2.75) is 12.8 Å². The number of phenols is 2. The molecule has 108 valence electrons. The SMILES string of the molecule is O=C(NN=CCCc1ccccc1)c1cc(O)ccc1O. The van der Waals surface area contributed by atoms with Gasteiger partial charge >= 0.3 is 0 Å². The zero-order chi connectivity index (χ0) is 15.1. The van der Waals surface area contributed by atoms with Gasteiger partial charge in [-0.05, 0) is 36.6 Å². The molecule has 0 saturated heterocycles. The number of benzene rings is 2. The molecule has 0 heterocycles. The molecule has 2 aromatic rings. The fourth-order valence-electron chi connectivity index (χ4n) is 1.81. The van der Waals surface area contributed by atoms with Crippen LogP contribution in [-0.2, 0) is 6.42 Å². The maximum atomic E-state index is 11.8. The molecule has 0 aliphatic carbocycles. The quantitative estimate of drug-likeness (QED) is 0.448. The number of nitrogens with one attached hydrogen (secondary N) is 1. The molecule has 0 aliphatic rings. The molecule has 2 rings (SSSR count). The smallest absolute Gasteiger partial charge is 0.275 e. The van der Waals surface area contributed by atoms with E-state index in [4.69, 9.17) is 0 Å². The third kappa shape index (κ3) is 4.35. The van der Waals surface area contributed by atoms with Crippen LogP contribution < -0.4 is 5.43 Å². The molecule has 5 heteroatoms. The summed E-state index contributed by atoms with van der Waals surface area (Å²) in [5.74, 6) is -0.866. The van der Waals surface area contributed by atoms with Crippen molar-refractivity contribution in [1.29, 1.82) is 0 Å². The van der Waals surface area contributed by atoms with E-state index in [0.717, 1.165) is 6.42 Å². The molecule has 0 radical (unpaired) electrons. The monoisotopic (exact) mass is 284 g/mol. The van der Waals surface area contributed by atoms with Crippen molar-refractivity contribution in [3.05, 3.63) is 59.7 Å². The minimum Gasteiger partial charge on any atom is -0.508 e. The van der Waals surface area contributed by atoms with Gasteiger partial charge in [0.15, 0.2) is 0 Å². The Kier molecular flexibility index (Phi) is 4.93. The molecule has 0 unspecified atom stereocenters. The van der Waals surface area contributed by atoms with Crippen LogP contribution in [-0.4, -0.2) is 22.3 Å². The van der Waals surface area contributed by atoms with Crippen molar-refractivity contribution in [3.8, 4) is 11.5 Å². The zero-order valence-electron chi connectivity index (χ0n) is 11.4. The highest BCUT2D eigenvalue weighted by Crippen LogP contribution is 2.21. The van der Waals surface area contributed by atoms with Gasteiger partial charge in [0.2, 0.25) is 0 Å². The molecule has 0 aromatic heterocycles. The number of hydrogen-bond donors (Lipinski definition) is 3. The lowest BCUT2D eigenvalue weighted by molar-refractivity contribution is 0.0952. The predicted octanol–water partition coefficient (Wildman–Crippen LogP) is 2.45. The highest BCUT2D eigenvalue weighted by molar-refractivity contribution is 5.97. The van der Waals surface area contributed by atoms with E-state index >= 15 is 0 Å². The van der Waals surface area contributed by atoms with E-state index in [1.807, 2.05) is 30.3 Å². The number of aryl methyl sites for hydroxylation is 1. The standard InChI is InChI=1S/C16H16N2O3/c19-13-8-9-15(20)14(11-13)16(21)18-17-10-4-7-12-5-2-1-3-6-12/h1-3,5-6,8-11,19-20H,4,7H2,(H,18,21). The first-order chi connectivity index (χ1) is 10.2. The van der Waals surface area contributed by atoms with Crippen molar-refractivity contribution < 1.29 is 15.0 Å². The fraction of sp³-hybridized carbons (Fsp3) is 0.125. The number of rotatable bonds is 5. The molecule has 0 spiro atoms. The van der Waals surface area contributed by atoms with Crippen LogP contribution in [0.5, 0.6) is 11.5 Å². The van der Waals surface area contributed by atoms with Crippen molar-refractivity contribution in [1.82, 2.24) is 5.43 Å². The topological polar surface area (TPSA) is 81.9 Å². The summed E-state index contributed by atoms with van der Waals surface area (Å²) in [7, 11) is 0. The first-order valence-corrected chi connectivity index (χ1v) is 6.54. The van der Waals surface area contributed by atoms with E-state index in [1.165, 1.54) is 23.8 Å². The van der Waals surface area contributed by atoms with E-state index < -0.39 is 5.91 Å². The highest BCUT2D eigenvalue weighted by Gasteiger charge is 2.10. The lowest BCUT2D eigenvalue weighted by Crippen LogP contribution is -2.17. The van der Waals surface area contributed by atoms with Crippen molar-refractivity contribution >= 4 is 12.1 Å². The number of aromatic hydroxyl groups is 2. The van der Waals surface area contributed by atoms with Crippen LogP contribution in [0.1, 0.15) is 22.3 Å². The second-order valence-corrected chi connectivity index (χ2v) is 4.48. The van der Waals surface area contributed by atoms with Gasteiger partial charge in [0, 0.05) is 6.21 Å². The first-order valence-electron chi connectivity index (χ1n) is 6.54. The number of carbonyl (C=O) groups excluding carboxylic acids is 1.